The summed E-state index contributed by atoms with van der Waals surface area (Å²) in [6.07, 6.45) is 0. The van der Waals surface area contributed by atoms with Gasteiger partial charge in [-0.15, -0.1) is 0 Å². The number of para-hydroxylation sites is 2. The lowest BCUT2D eigenvalue weighted by molar-refractivity contribution is -0.131. The van der Waals surface area contributed by atoms with Gasteiger partial charge in [0.25, 0.3) is 0 Å². The Labute approximate surface area is 171 Å². The molecule has 2 unspecified atom stereocenters. The molecule has 2 amide bonds. The molecule has 0 aliphatic carbocycles. The molecule has 2 aliphatic rings. The van der Waals surface area contributed by atoms with Crippen molar-refractivity contribution in [1.29, 1.82) is 15.8 Å². The number of carbonyl (C=O) groups is 2. The number of benzene rings is 2. The Morgan fingerprint density at radius 3 is 1.97 bits per heavy atom. The van der Waals surface area contributed by atoms with Crippen LogP contribution in [0.15, 0.2) is 54.1 Å². The Hall–Kier alpha value is -4.70. The molecular weight excluding hydrogens is 380 g/mol. The fourth-order valence-electron chi connectivity index (χ4n) is 4.66. The van der Waals surface area contributed by atoms with Crippen LogP contribution in [-0.4, -0.2) is 17.7 Å². The van der Waals surface area contributed by atoms with E-state index in [0.717, 1.165) is 0 Å². The third-order valence-electron chi connectivity index (χ3n) is 5.76. The Morgan fingerprint density at radius 1 is 0.867 bits per heavy atom. The first kappa shape index (κ1) is 18.7. The summed E-state index contributed by atoms with van der Waals surface area (Å²) in [5, 5.41) is 44.7. The third-order valence-corrected chi connectivity index (χ3v) is 5.76. The monoisotopic (exact) mass is 391 g/mol. The number of rotatable bonds is 3. The number of hydrogen-bond acceptors (Lipinski definition) is 5. The van der Waals surface area contributed by atoms with E-state index in [1.165, 1.54) is 12.1 Å². The van der Waals surface area contributed by atoms with Gasteiger partial charge in [-0.3, -0.25) is 15.5 Å². The van der Waals surface area contributed by atoms with Crippen LogP contribution in [-0.2, 0) is 20.4 Å². The molecule has 2 heterocycles. The van der Waals surface area contributed by atoms with Gasteiger partial charge < -0.3 is 16.0 Å². The van der Waals surface area contributed by atoms with Crippen LogP contribution >= 0.6 is 0 Å². The maximum atomic E-state index is 13.6. The molecule has 142 valence electrons. The van der Waals surface area contributed by atoms with Gasteiger partial charge in [0.1, 0.15) is 16.9 Å². The van der Waals surface area contributed by atoms with Crippen LogP contribution in [0.25, 0.3) is 5.41 Å². The van der Waals surface area contributed by atoms with Gasteiger partial charge in [-0.25, -0.2) is 0 Å². The van der Waals surface area contributed by atoms with E-state index in [0.29, 0.717) is 11.4 Å². The van der Waals surface area contributed by atoms with Gasteiger partial charge in [-0.05, 0) is 23.3 Å². The molecule has 8 heteroatoms. The lowest BCUT2D eigenvalue weighted by Gasteiger charge is -2.43. The van der Waals surface area contributed by atoms with Gasteiger partial charge in [0.2, 0.25) is 11.8 Å². The minimum atomic E-state index is -2.19. The number of amides is 2. The second kappa shape index (κ2) is 6.43. The van der Waals surface area contributed by atoms with Crippen LogP contribution in [0, 0.1) is 39.9 Å². The molecule has 0 fully saturated rings. The van der Waals surface area contributed by atoms with Crippen molar-refractivity contribution >= 4 is 29.1 Å². The molecule has 0 saturated carbocycles. The molecule has 8 nitrogen and oxygen atoms in total. The molecule has 0 saturated heterocycles. The number of hydrogen-bond donors (Lipinski definition) is 2. The summed E-state index contributed by atoms with van der Waals surface area (Å²) < 4.78 is 0. The fraction of sp³-hybridized carbons (Fsp3) is 0.136. The Bertz CT molecular complexity index is 1290. The third kappa shape index (κ3) is 1.89. The van der Waals surface area contributed by atoms with Crippen LogP contribution in [0.4, 0.5) is 11.4 Å². The Kier molecular flexibility index (Phi) is 4.00. The highest BCUT2D eigenvalue weighted by Gasteiger charge is 2.73. The molecule has 0 spiro atoms. The van der Waals surface area contributed by atoms with Gasteiger partial charge in [-0.2, -0.15) is 15.8 Å². The van der Waals surface area contributed by atoms with E-state index < -0.39 is 34.1 Å². The van der Waals surface area contributed by atoms with Crippen molar-refractivity contribution in [2.24, 2.45) is 5.92 Å². The summed E-state index contributed by atoms with van der Waals surface area (Å²) in [6, 6.07) is 18.1. The number of anilines is 2. The zero-order valence-corrected chi connectivity index (χ0v) is 15.3. The van der Waals surface area contributed by atoms with E-state index in [-0.39, 0.29) is 11.1 Å². The van der Waals surface area contributed by atoms with Crippen molar-refractivity contribution in [2.75, 3.05) is 10.6 Å². The van der Waals surface area contributed by atoms with Crippen molar-refractivity contribution in [3.63, 3.8) is 0 Å². The summed E-state index contributed by atoms with van der Waals surface area (Å²) in [5.41, 5.74) is -3.91. The van der Waals surface area contributed by atoms with Gasteiger partial charge >= 0.3 is 0 Å². The summed E-state index contributed by atoms with van der Waals surface area (Å²) in [5.74, 6) is -1.53. The fourth-order valence-corrected chi connectivity index (χ4v) is 4.66. The SMILES string of the molecule is N#CC(=C=[N-])C1(C2(C(C#N)C#N)C(=O)Nc3ccccc32)C(=O)Nc2ccccc21. The van der Waals surface area contributed by atoms with Gasteiger partial charge in [0, 0.05) is 11.4 Å². The lowest BCUT2D eigenvalue weighted by atomic mass is 9.50. The number of fused-ring (bicyclic) bond motifs is 2. The normalized spacial score (nSPS) is 23.1. The van der Waals surface area contributed by atoms with Gasteiger partial charge in [-0.1, -0.05) is 36.4 Å². The standard InChI is InChI=1S/C22H11N6O2/c23-9-13(10-24)21(15-5-1-3-7-17(15)27-19(21)29)22(14(11-25)12-26)16-6-2-4-8-18(16)28-20(22)30/h1-8,13H,(H,27,29)(H,28,30)/q-1. The van der Waals surface area contributed by atoms with E-state index in [1.807, 2.05) is 12.1 Å². The summed E-state index contributed by atoms with van der Waals surface area (Å²) >= 11 is 0. The average Bonchev–Trinajstić information content (AvgIpc) is 3.22. The second-order valence-corrected chi connectivity index (χ2v) is 6.85. The quantitative estimate of drug-likeness (QED) is 0.606. The molecule has 4 rings (SSSR count). The molecule has 0 bridgehead atoms. The molecule has 2 aromatic rings. The molecule has 0 aromatic heterocycles. The Morgan fingerprint density at radius 2 is 1.40 bits per heavy atom. The van der Waals surface area contributed by atoms with Crippen LogP contribution in [0.2, 0.25) is 0 Å². The highest BCUT2D eigenvalue weighted by atomic mass is 16.2. The maximum Gasteiger partial charge on any atom is 0.242 e. The smallest absolute Gasteiger partial charge is 0.242 e. The van der Waals surface area contributed by atoms with Crippen LogP contribution in [0.1, 0.15) is 11.1 Å². The topological polar surface area (TPSA) is 152 Å². The first-order valence-corrected chi connectivity index (χ1v) is 8.82. The summed E-state index contributed by atoms with van der Waals surface area (Å²) in [7, 11) is 0. The van der Waals surface area contributed by atoms with Gasteiger partial charge in [0.05, 0.1) is 17.7 Å². The van der Waals surface area contributed by atoms with Crippen molar-refractivity contribution in [2.45, 2.75) is 10.8 Å². The first-order chi connectivity index (χ1) is 14.5. The van der Waals surface area contributed by atoms with Crippen molar-refractivity contribution in [3.05, 3.63) is 70.6 Å². The highest BCUT2D eigenvalue weighted by Crippen LogP contribution is 2.61. The van der Waals surface area contributed by atoms with E-state index >= 15 is 0 Å². The number of nitrogens with one attached hydrogen (secondary N) is 2. The molecule has 2 aromatic carbocycles. The predicted octanol–water partition coefficient (Wildman–Crippen LogP) is 2.12. The minimum Gasteiger partial charge on any atom is -0.762 e. The van der Waals surface area contributed by atoms with E-state index in [9.17, 15) is 30.8 Å². The summed E-state index contributed by atoms with van der Waals surface area (Å²) in [6.45, 7) is 0. The van der Waals surface area contributed by atoms with Crippen molar-refractivity contribution < 1.29 is 9.59 Å². The lowest BCUT2D eigenvalue weighted by Crippen LogP contribution is -2.61. The zero-order valence-electron chi connectivity index (χ0n) is 15.3. The van der Waals surface area contributed by atoms with Crippen LogP contribution < -0.4 is 10.6 Å². The number of nitrogens with zero attached hydrogens (tertiary/aromatic N) is 4. The van der Waals surface area contributed by atoms with Crippen molar-refractivity contribution in [3.8, 4) is 18.2 Å². The average molecular weight is 391 g/mol. The number of nitriles is 3. The molecule has 30 heavy (non-hydrogen) atoms. The summed E-state index contributed by atoms with van der Waals surface area (Å²) in [4.78, 5) is 27.1. The zero-order chi connectivity index (χ0) is 21.5. The first-order valence-electron chi connectivity index (χ1n) is 8.82. The van der Waals surface area contributed by atoms with Crippen molar-refractivity contribution in [1.82, 2.24) is 0 Å². The molecular formula is C22H11N6O2-. The van der Waals surface area contributed by atoms with Gasteiger partial charge in [0.15, 0.2) is 5.92 Å². The van der Waals surface area contributed by atoms with E-state index in [4.69, 9.17) is 0 Å². The second-order valence-electron chi connectivity index (χ2n) is 6.85. The van der Waals surface area contributed by atoms with Crippen LogP contribution in [0.5, 0.6) is 0 Å². The van der Waals surface area contributed by atoms with E-state index in [2.05, 4.69) is 10.6 Å². The molecule has 2 N–H and O–H groups in total. The molecule has 0 radical (unpaired) electrons. The predicted molar refractivity (Wildman–Crippen MR) is 106 cm³/mol. The maximum absolute atomic E-state index is 13.6. The largest absolute Gasteiger partial charge is 0.762 e. The highest BCUT2D eigenvalue weighted by molar-refractivity contribution is 6.20. The minimum absolute atomic E-state index is 0.190. The Balaban J connectivity index is 2.29. The number of carbonyl (C=O) groups excluding carboxylic acids is 2. The van der Waals surface area contributed by atoms with Crippen LogP contribution in [0.3, 0.4) is 0 Å². The molecule has 2 atom stereocenters. The molecule has 2 aliphatic heterocycles. The van der Waals surface area contributed by atoms with E-state index in [1.54, 1.807) is 48.3 Å².